The van der Waals surface area contributed by atoms with Crippen LogP contribution in [0.15, 0.2) is 71.7 Å². The lowest BCUT2D eigenvalue weighted by Crippen LogP contribution is -2.44. The molecule has 3 aromatic rings. The average Bonchev–Trinajstić information content (AvgIpc) is 3.25. The first-order valence-electron chi connectivity index (χ1n) is 10.7. The van der Waals surface area contributed by atoms with E-state index in [4.69, 9.17) is 5.73 Å². The molecule has 0 bridgehead atoms. The van der Waals surface area contributed by atoms with Crippen LogP contribution in [0.1, 0.15) is 20.8 Å². The molecule has 162 valence electrons. The van der Waals surface area contributed by atoms with E-state index in [1.807, 2.05) is 44.2 Å². The number of benzene rings is 1. The van der Waals surface area contributed by atoms with Gasteiger partial charge in [-0.15, -0.1) is 0 Å². The first-order valence-corrected chi connectivity index (χ1v) is 10.7. The number of nitrogen functional groups attached to an aromatic ring is 1. The monoisotopic (exact) mass is 427 g/mol. The average molecular weight is 428 g/mol. The Balaban J connectivity index is 1.61. The van der Waals surface area contributed by atoms with Crippen LogP contribution in [0.4, 0.5) is 17.5 Å². The molecule has 1 aromatic carbocycles. The number of hydrogen-bond donors (Lipinski definition) is 3. The third-order valence-electron chi connectivity index (χ3n) is 6.12. The molecule has 1 amide bonds. The Hall–Kier alpha value is -3.94. The number of H-pyrrole nitrogens is 1. The second kappa shape index (κ2) is 7.64. The molecule has 5 rings (SSSR count). The van der Waals surface area contributed by atoms with Crippen LogP contribution >= 0.6 is 0 Å². The molecule has 0 saturated carbocycles. The fourth-order valence-electron chi connectivity index (χ4n) is 4.49. The summed E-state index contributed by atoms with van der Waals surface area (Å²) < 4.78 is 0. The maximum atomic E-state index is 13.8. The second-order valence-corrected chi connectivity index (χ2v) is 8.30. The molecule has 0 radical (unpaired) electrons. The van der Waals surface area contributed by atoms with Crippen molar-refractivity contribution in [2.24, 2.45) is 11.8 Å². The van der Waals surface area contributed by atoms with E-state index in [1.165, 1.54) is 0 Å². The van der Waals surface area contributed by atoms with E-state index in [-0.39, 0.29) is 29.7 Å². The van der Waals surface area contributed by atoms with Crippen LogP contribution in [0.3, 0.4) is 0 Å². The molecule has 1 aliphatic heterocycles. The molecule has 3 atom stereocenters. The highest BCUT2D eigenvalue weighted by Gasteiger charge is 2.39. The van der Waals surface area contributed by atoms with Gasteiger partial charge in [0.15, 0.2) is 11.5 Å². The number of hydrogen-bond acceptors (Lipinski definition) is 6. The van der Waals surface area contributed by atoms with Gasteiger partial charge in [-0.2, -0.15) is 9.97 Å². The summed E-state index contributed by atoms with van der Waals surface area (Å²) >= 11 is 0. The van der Waals surface area contributed by atoms with Crippen LogP contribution < -0.4 is 16.0 Å². The van der Waals surface area contributed by atoms with Crippen molar-refractivity contribution in [2.45, 2.75) is 26.8 Å². The van der Waals surface area contributed by atoms with Crippen molar-refractivity contribution in [3.05, 3.63) is 71.7 Å². The first kappa shape index (κ1) is 20.0. The minimum absolute atomic E-state index is 0.00756. The number of amides is 1. The summed E-state index contributed by atoms with van der Waals surface area (Å²) in [4.78, 5) is 31.4. The zero-order chi connectivity index (χ0) is 22.4. The quantitative estimate of drug-likeness (QED) is 0.584. The normalized spacial score (nSPS) is 21.5. The highest BCUT2D eigenvalue weighted by Crippen LogP contribution is 2.40. The molecule has 4 N–H and O–H groups in total. The van der Waals surface area contributed by atoms with Gasteiger partial charge in [0.25, 0.3) is 5.91 Å². The van der Waals surface area contributed by atoms with Crippen molar-refractivity contribution in [3.63, 3.8) is 0 Å². The number of nitrogens with one attached hydrogen (secondary N) is 2. The molecule has 0 fully saturated rings. The van der Waals surface area contributed by atoms with Crippen molar-refractivity contribution >= 4 is 34.5 Å². The maximum Gasteiger partial charge on any atom is 0.259 e. The molecular weight excluding hydrogens is 402 g/mol. The Morgan fingerprint density at radius 2 is 2.00 bits per heavy atom. The number of aromatic amines is 1. The minimum atomic E-state index is -0.242. The molecular formula is C24H25N7O. The Kier molecular flexibility index (Phi) is 4.77. The molecule has 2 aromatic heterocycles. The van der Waals surface area contributed by atoms with Gasteiger partial charge in [0.2, 0.25) is 5.95 Å². The molecule has 8 heteroatoms. The number of rotatable bonds is 4. The zero-order valence-electron chi connectivity index (χ0n) is 18.2. The zero-order valence-corrected chi connectivity index (χ0v) is 18.2. The standard InChI is InChI=1S/C24H25N7O/c1-13-9-10-14(2)19-17(13)11-18(31(23(19)32)16-7-5-4-6-8-16)15(3)28-22-20-21(27-12-26-20)29-24(25)30-22/h4-13,15,17H,1-3H3,(H4,25,26,27,28,29,30)/t13?,15-,17?/m0/s1. The van der Waals surface area contributed by atoms with E-state index >= 15 is 0 Å². The number of nitrogens with two attached hydrogens (primary N) is 1. The number of aromatic nitrogens is 4. The van der Waals surface area contributed by atoms with Crippen molar-refractivity contribution < 1.29 is 4.79 Å². The third-order valence-corrected chi connectivity index (χ3v) is 6.12. The van der Waals surface area contributed by atoms with Crippen LogP contribution in [0.5, 0.6) is 0 Å². The molecule has 32 heavy (non-hydrogen) atoms. The van der Waals surface area contributed by atoms with E-state index in [1.54, 1.807) is 11.2 Å². The number of anilines is 3. The number of carbonyl (C=O) groups excluding carboxylic acids is 1. The summed E-state index contributed by atoms with van der Waals surface area (Å²) in [5.74, 6) is 0.930. The highest BCUT2D eigenvalue weighted by molar-refractivity contribution is 6.10. The lowest BCUT2D eigenvalue weighted by atomic mass is 9.76. The molecule has 1 aliphatic carbocycles. The highest BCUT2D eigenvalue weighted by atomic mass is 16.2. The van der Waals surface area contributed by atoms with Gasteiger partial charge >= 0.3 is 0 Å². The Morgan fingerprint density at radius 3 is 2.78 bits per heavy atom. The number of para-hydroxylation sites is 1. The fraction of sp³-hybridized carbons (Fsp3) is 0.250. The van der Waals surface area contributed by atoms with Crippen molar-refractivity contribution in [1.29, 1.82) is 0 Å². The Labute approximate surface area is 186 Å². The van der Waals surface area contributed by atoms with Crippen LogP contribution in [0, 0.1) is 11.8 Å². The summed E-state index contributed by atoms with van der Waals surface area (Å²) in [6.45, 7) is 6.16. The molecule has 2 aliphatic rings. The van der Waals surface area contributed by atoms with Gasteiger partial charge in [-0.25, -0.2) is 4.98 Å². The van der Waals surface area contributed by atoms with E-state index in [9.17, 15) is 4.79 Å². The maximum absolute atomic E-state index is 13.8. The number of carbonyl (C=O) groups is 1. The predicted molar refractivity (Wildman–Crippen MR) is 126 cm³/mol. The van der Waals surface area contributed by atoms with E-state index in [0.717, 1.165) is 22.5 Å². The van der Waals surface area contributed by atoms with Gasteiger partial charge in [0, 0.05) is 22.9 Å². The third kappa shape index (κ3) is 3.24. The minimum Gasteiger partial charge on any atom is -0.368 e. The van der Waals surface area contributed by atoms with Gasteiger partial charge in [0.05, 0.1) is 12.4 Å². The van der Waals surface area contributed by atoms with Crippen LogP contribution in [-0.4, -0.2) is 31.9 Å². The predicted octanol–water partition coefficient (Wildman–Crippen LogP) is 3.80. The summed E-state index contributed by atoms with van der Waals surface area (Å²) in [6, 6.07) is 9.48. The largest absolute Gasteiger partial charge is 0.368 e. The Bertz CT molecular complexity index is 1290. The van der Waals surface area contributed by atoms with Gasteiger partial charge in [-0.05, 0) is 37.5 Å². The van der Waals surface area contributed by atoms with Crippen LogP contribution in [0.2, 0.25) is 0 Å². The number of fused-ring (bicyclic) bond motifs is 2. The van der Waals surface area contributed by atoms with E-state index < -0.39 is 0 Å². The lowest BCUT2D eigenvalue weighted by Gasteiger charge is -2.39. The van der Waals surface area contributed by atoms with Crippen molar-refractivity contribution in [2.75, 3.05) is 16.0 Å². The van der Waals surface area contributed by atoms with E-state index in [0.29, 0.717) is 17.0 Å². The SMILES string of the molecule is CC1=C2C(=O)N(c3ccccc3)C([C@H](C)Nc3nc(N)nc4[nH]cnc34)=CC2C(C)C=C1. The topological polar surface area (TPSA) is 113 Å². The molecule has 8 nitrogen and oxygen atoms in total. The summed E-state index contributed by atoms with van der Waals surface area (Å²) in [5, 5.41) is 3.41. The summed E-state index contributed by atoms with van der Waals surface area (Å²) in [7, 11) is 0. The summed E-state index contributed by atoms with van der Waals surface area (Å²) in [5.41, 5.74) is 10.6. The molecule has 0 saturated heterocycles. The van der Waals surface area contributed by atoms with Gasteiger partial charge in [0.1, 0.15) is 5.52 Å². The molecule has 2 unspecified atom stereocenters. The Morgan fingerprint density at radius 1 is 1.22 bits per heavy atom. The van der Waals surface area contributed by atoms with Gasteiger partial charge in [-0.3, -0.25) is 9.69 Å². The first-order chi connectivity index (χ1) is 15.4. The molecule has 0 spiro atoms. The summed E-state index contributed by atoms with van der Waals surface area (Å²) in [6.07, 6.45) is 7.98. The van der Waals surface area contributed by atoms with Crippen molar-refractivity contribution in [1.82, 2.24) is 19.9 Å². The number of nitrogens with zero attached hydrogens (tertiary/aromatic N) is 4. The fourth-order valence-corrected chi connectivity index (χ4v) is 4.49. The smallest absolute Gasteiger partial charge is 0.259 e. The van der Waals surface area contributed by atoms with Gasteiger partial charge < -0.3 is 16.0 Å². The number of imidazole rings is 1. The van der Waals surface area contributed by atoms with Crippen molar-refractivity contribution in [3.8, 4) is 0 Å². The van der Waals surface area contributed by atoms with E-state index in [2.05, 4.69) is 50.4 Å². The second-order valence-electron chi connectivity index (χ2n) is 8.30. The lowest BCUT2D eigenvalue weighted by molar-refractivity contribution is -0.115. The van der Waals surface area contributed by atoms with Gasteiger partial charge in [-0.1, -0.05) is 43.4 Å². The number of allylic oxidation sites excluding steroid dienone is 4. The van der Waals surface area contributed by atoms with Crippen LogP contribution in [0.25, 0.3) is 11.2 Å². The van der Waals surface area contributed by atoms with Crippen LogP contribution in [-0.2, 0) is 4.79 Å². The molecule has 3 heterocycles.